The van der Waals surface area contributed by atoms with Gasteiger partial charge >= 0.3 is 0 Å². The van der Waals surface area contributed by atoms with Crippen LogP contribution < -0.4 is 0 Å². The molecule has 3 heterocycles. The fourth-order valence-corrected chi connectivity index (χ4v) is 15.8. The summed E-state index contributed by atoms with van der Waals surface area (Å²) in [6.45, 7) is 2.26. The number of nitrogens with zero attached hydrogens (tertiary/aromatic N) is 1. The minimum absolute atomic E-state index is 0.134. The highest BCUT2D eigenvalue weighted by Crippen LogP contribution is 2.56. The number of aromatic nitrogens is 1. The van der Waals surface area contributed by atoms with Gasteiger partial charge in [-0.2, -0.15) is 0 Å². The zero-order valence-electron chi connectivity index (χ0n) is 41.6. The van der Waals surface area contributed by atoms with E-state index in [1.165, 1.54) is 91.7 Å². The Morgan fingerprint density at radius 1 is 0.432 bits per heavy atom. The standard InChI is InChI=1S/C69H55F2NS2/c1-42-46(38-40-60-62(42)52-29-13-18-34-58(52)73-60)47-25-9-8-20-43(47)36-37-54-65(50-27-10-15-31-55(50)70)63(44-21-4-2-5-22-44)69(64(45-23-6-3-7-24-45)66(54)51-28-11-16-32-56(51)71)72-57-33-17-12-26-48(57)49-39-41-61-67(68(49)72)53-30-14-19-35-59(53)74-61/h8-20,25-41,44-45H,2-7,21-24H2,1H3/b37-36-. The second-order valence-electron chi connectivity index (χ2n) is 20.9. The highest BCUT2D eigenvalue weighted by Gasteiger charge is 2.37. The van der Waals surface area contributed by atoms with Crippen LogP contribution in [0.2, 0.25) is 0 Å². The largest absolute Gasteiger partial charge is 0.308 e. The molecule has 362 valence electrons. The Morgan fingerprint density at radius 2 is 0.932 bits per heavy atom. The number of rotatable bonds is 8. The SMILES string of the molecule is Cc1c(-c2ccccc2/C=C\c2c(-c3ccccc3F)c(C3CCCCC3)c(-n3c4ccccc4c4ccc5sc6ccccc6c5c43)c(C3CCCCC3)c2-c2ccccc2F)ccc2sc3ccccc3c12. The molecule has 74 heavy (non-hydrogen) atoms. The maximum Gasteiger partial charge on any atom is 0.131 e. The maximum absolute atomic E-state index is 17.6. The van der Waals surface area contributed by atoms with Crippen molar-refractivity contribution < 1.29 is 8.78 Å². The molecule has 9 aromatic carbocycles. The van der Waals surface area contributed by atoms with E-state index in [2.05, 4.69) is 145 Å². The van der Waals surface area contributed by atoms with Gasteiger partial charge in [0.05, 0.1) is 16.7 Å². The van der Waals surface area contributed by atoms with Crippen molar-refractivity contribution in [2.45, 2.75) is 83.0 Å². The zero-order valence-corrected chi connectivity index (χ0v) is 43.2. The first-order valence-corrected chi connectivity index (χ1v) is 28.4. The van der Waals surface area contributed by atoms with Gasteiger partial charge in [-0.3, -0.25) is 0 Å². The van der Waals surface area contributed by atoms with E-state index in [1.54, 1.807) is 24.3 Å². The quantitative estimate of drug-likeness (QED) is 0.134. The maximum atomic E-state index is 17.6. The van der Waals surface area contributed by atoms with Crippen LogP contribution in [-0.2, 0) is 0 Å². The zero-order chi connectivity index (χ0) is 49.4. The summed E-state index contributed by atoms with van der Waals surface area (Å²) in [6, 6.07) is 59.1. The highest BCUT2D eigenvalue weighted by atomic mass is 32.1. The van der Waals surface area contributed by atoms with Crippen molar-refractivity contribution in [1.29, 1.82) is 0 Å². The lowest BCUT2D eigenvalue weighted by atomic mass is 9.71. The summed E-state index contributed by atoms with van der Waals surface area (Å²) < 4.78 is 42.9. The lowest BCUT2D eigenvalue weighted by Crippen LogP contribution is -2.19. The van der Waals surface area contributed by atoms with Crippen molar-refractivity contribution in [3.05, 3.63) is 209 Å². The number of fused-ring (bicyclic) bond motifs is 10. The molecule has 14 rings (SSSR count). The summed E-state index contributed by atoms with van der Waals surface area (Å²) in [5.41, 5.74) is 14.3. The number of thiophene rings is 2. The van der Waals surface area contributed by atoms with Crippen molar-refractivity contribution in [2.75, 3.05) is 0 Å². The smallest absolute Gasteiger partial charge is 0.131 e. The average Bonchev–Trinajstić information content (AvgIpc) is 4.22. The van der Waals surface area contributed by atoms with Gasteiger partial charge in [0.2, 0.25) is 0 Å². The fourth-order valence-electron chi connectivity index (χ4n) is 13.5. The molecular formula is C69H55F2NS2. The van der Waals surface area contributed by atoms with Crippen LogP contribution in [0.15, 0.2) is 170 Å². The molecule has 0 amide bonds. The molecule has 2 fully saturated rings. The summed E-state index contributed by atoms with van der Waals surface area (Å²) in [6.07, 6.45) is 15.3. The van der Waals surface area contributed by atoms with E-state index >= 15 is 8.78 Å². The van der Waals surface area contributed by atoms with Gasteiger partial charge in [-0.1, -0.05) is 178 Å². The molecule has 0 spiro atoms. The fraction of sp³-hybridized carbons (Fsp3) is 0.188. The van der Waals surface area contributed by atoms with Crippen LogP contribution in [0.3, 0.4) is 0 Å². The van der Waals surface area contributed by atoms with Crippen molar-refractivity contribution in [3.63, 3.8) is 0 Å². The molecule has 1 nitrogen and oxygen atoms in total. The Kier molecular flexibility index (Phi) is 11.4. The van der Waals surface area contributed by atoms with Crippen LogP contribution in [0.25, 0.3) is 113 Å². The van der Waals surface area contributed by atoms with E-state index in [1.807, 2.05) is 46.9 Å². The van der Waals surface area contributed by atoms with Gasteiger partial charge in [0.15, 0.2) is 0 Å². The lowest BCUT2D eigenvalue weighted by Gasteiger charge is -2.36. The molecule has 0 radical (unpaired) electrons. The molecule has 2 aliphatic rings. The van der Waals surface area contributed by atoms with Gasteiger partial charge in [0.25, 0.3) is 0 Å². The molecule has 0 unspecified atom stereocenters. The molecule has 12 aromatic rings. The highest BCUT2D eigenvalue weighted by molar-refractivity contribution is 7.26. The van der Waals surface area contributed by atoms with Gasteiger partial charge in [-0.25, -0.2) is 8.78 Å². The Balaban J connectivity index is 1.16. The predicted octanol–water partition coefficient (Wildman–Crippen LogP) is 21.4. The van der Waals surface area contributed by atoms with E-state index in [9.17, 15) is 0 Å². The third-order valence-electron chi connectivity index (χ3n) is 16.8. The molecule has 0 N–H and O–H groups in total. The van der Waals surface area contributed by atoms with Gasteiger partial charge in [-0.15, -0.1) is 22.7 Å². The Labute approximate surface area is 439 Å². The molecular weight excluding hydrogens is 945 g/mol. The number of halogens is 2. The number of aryl methyl sites for hydroxylation is 1. The Bertz CT molecular complexity index is 4120. The van der Waals surface area contributed by atoms with Crippen LogP contribution >= 0.6 is 22.7 Å². The third kappa shape index (κ3) is 7.33. The van der Waals surface area contributed by atoms with Gasteiger partial charge in [0.1, 0.15) is 11.6 Å². The molecule has 3 aromatic heterocycles. The van der Waals surface area contributed by atoms with Gasteiger partial charge < -0.3 is 4.57 Å². The molecule has 5 heteroatoms. The summed E-state index contributed by atoms with van der Waals surface area (Å²) in [5.74, 6) is -0.268. The summed E-state index contributed by atoms with van der Waals surface area (Å²) >= 11 is 3.69. The minimum atomic E-state index is -0.268. The third-order valence-corrected chi connectivity index (χ3v) is 19.1. The topological polar surface area (TPSA) is 4.93 Å². The second-order valence-corrected chi connectivity index (χ2v) is 23.1. The molecule has 0 bridgehead atoms. The van der Waals surface area contributed by atoms with Gasteiger partial charge in [0, 0.05) is 62.2 Å². The number of benzene rings is 9. The molecule has 2 aliphatic carbocycles. The Hall–Kier alpha value is -7.18. The van der Waals surface area contributed by atoms with E-state index in [-0.39, 0.29) is 23.5 Å². The molecule has 2 saturated carbocycles. The average molecular weight is 1000 g/mol. The molecule has 0 atom stereocenters. The number of hydrogen-bond acceptors (Lipinski definition) is 2. The monoisotopic (exact) mass is 999 g/mol. The van der Waals surface area contributed by atoms with E-state index < -0.39 is 0 Å². The van der Waals surface area contributed by atoms with Crippen LogP contribution in [0.4, 0.5) is 8.78 Å². The normalized spacial score (nSPS) is 15.1. The summed E-state index contributed by atoms with van der Waals surface area (Å²) in [4.78, 5) is 0. The minimum Gasteiger partial charge on any atom is -0.308 e. The molecule has 0 aliphatic heterocycles. The van der Waals surface area contributed by atoms with Crippen molar-refractivity contribution >= 4 is 97.0 Å². The van der Waals surface area contributed by atoms with Crippen LogP contribution in [-0.4, -0.2) is 4.57 Å². The first-order valence-electron chi connectivity index (χ1n) is 26.8. The summed E-state index contributed by atoms with van der Waals surface area (Å²) in [7, 11) is 0. The van der Waals surface area contributed by atoms with E-state index in [0.717, 1.165) is 90.4 Å². The molecule has 0 saturated heterocycles. The van der Waals surface area contributed by atoms with Gasteiger partial charge in [-0.05, 0) is 137 Å². The van der Waals surface area contributed by atoms with E-state index in [4.69, 9.17) is 0 Å². The first-order chi connectivity index (χ1) is 36.5. The number of para-hydroxylation sites is 1. The Morgan fingerprint density at radius 3 is 1.55 bits per heavy atom. The van der Waals surface area contributed by atoms with Crippen LogP contribution in [0.1, 0.15) is 104 Å². The predicted molar refractivity (Wildman–Crippen MR) is 315 cm³/mol. The van der Waals surface area contributed by atoms with E-state index in [0.29, 0.717) is 11.1 Å². The van der Waals surface area contributed by atoms with Crippen LogP contribution in [0, 0.1) is 18.6 Å². The second kappa shape index (κ2) is 18.6. The number of hydrogen-bond donors (Lipinski definition) is 0. The van der Waals surface area contributed by atoms with Crippen molar-refractivity contribution in [3.8, 4) is 39.1 Å². The first kappa shape index (κ1) is 45.4. The van der Waals surface area contributed by atoms with Crippen molar-refractivity contribution in [2.24, 2.45) is 0 Å². The summed E-state index contributed by atoms with van der Waals surface area (Å²) in [5, 5.41) is 7.45. The van der Waals surface area contributed by atoms with Crippen LogP contribution in [0.5, 0.6) is 0 Å². The van der Waals surface area contributed by atoms with Crippen molar-refractivity contribution in [1.82, 2.24) is 4.57 Å². The lowest BCUT2D eigenvalue weighted by molar-refractivity contribution is 0.435.